The molecule has 0 radical (unpaired) electrons. The number of fused-ring (bicyclic) bond motifs is 1. The molecule has 0 atom stereocenters. The topological polar surface area (TPSA) is 82.6 Å². The quantitative estimate of drug-likeness (QED) is 0.684. The fraction of sp³-hybridized carbons (Fsp3) is 0.318. The summed E-state index contributed by atoms with van der Waals surface area (Å²) in [4.78, 5) is 21.6. The molecule has 3 rings (SSSR count). The van der Waals surface area contributed by atoms with Gasteiger partial charge in [-0.3, -0.25) is 4.79 Å². The summed E-state index contributed by atoms with van der Waals surface area (Å²) in [5.41, 5.74) is 4.59. The number of nitrogens with one attached hydrogen (secondary N) is 1. The third kappa shape index (κ3) is 4.08. The number of benzene rings is 1. The standard InChI is InChI=1S/C22H25N3O4/c1-12-13(2)16-7-8-19(25-22(16)23-14(12)3)24-20(26)11-15-9-17(27-4)21(29-6)18(10-15)28-5/h7-10H,11H2,1-6H3,(H,23,24,25,26). The molecule has 1 aromatic carbocycles. The van der Waals surface area contributed by atoms with Crippen LogP contribution in [0, 0.1) is 20.8 Å². The average Bonchev–Trinajstić information content (AvgIpc) is 2.71. The number of aryl methyl sites for hydroxylation is 2. The van der Waals surface area contributed by atoms with Crippen molar-refractivity contribution in [1.29, 1.82) is 0 Å². The molecule has 2 aromatic heterocycles. The van der Waals surface area contributed by atoms with Crippen molar-refractivity contribution in [2.45, 2.75) is 27.2 Å². The maximum absolute atomic E-state index is 12.6. The van der Waals surface area contributed by atoms with Crippen LogP contribution in [0.5, 0.6) is 17.2 Å². The van der Waals surface area contributed by atoms with Crippen LogP contribution in [-0.2, 0) is 11.2 Å². The zero-order valence-electron chi connectivity index (χ0n) is 17.5. The van der Waals surface area contributed by atoms with Crippen LogP contribution in [0.15, 0.2) is 24.3 Å². The number of anilines is 1. The lowest BCUT2D eigenvalue weighted by atomic mass is 10.1. The van der Waals surface area contributed by atoms with E-state index in [1.54, 1.807) is 32.4 Å². The molecule has 0 saturated heterocycles. The van der Waals surface area contributed by atoms with E-state index in [2.05, 4.69) is 22.2 Å². The van der Waals surface area contributed by atoms with Crippen molar-refractivity contribution >= 4 is 22.8 Å². The van der Waals surface area contributed by atoms with Crippen molar-refractivity contribution in [2.75, 3.05) is 26.6 Å². The lowest BCUT2D eigenvalue weighted by Gasteiger charge is -2.14. The van der Waals surface area contributed by atoms with Gasteiger partial charge in [0.25, 0.3) is 0 Å². The number of rotatable bonds is 6. The highest BCUT2D eigenvalue weighted by atomic mass is 16.5. The molecule has 0 saturated carbocycles. The smallest absolute Gasteiger partial charge is 0.229 e. The highest BCUT2D eigenvalue weighted by Gasteiger charge is 2.15. The Morgan fingerprint density at radius 2 is 1.59 bits per heavy atom. The number of hydrogen-bond donors (Lipinski definition) is 1. The zero-order valence-corrected chi connectivity index (χ0v) is 17.5. The molecule has 0 aliphatic rings. The van der Waals surface area contributed by atoms with E-state index in [0.29, 0.717) is 28.7 Å². The van der Waals surface area contributed by atoms with E-state index in [0.717, 1.165) is 27.8 Å². The number of nitrogens with zero attached hydrogens (tertiary/aromatic N) is 2. The van der Waals surface area contributed by atoms with Crippen molar-refractivity contribution in [3.05, 3.63) is 46.6 Å². The minimum atomic E-state index is -0.202. The number of ether oxygens (including phenoxy) is 3. The van der Waals surface area contributed by atoms with Crippen LogP contribution in [-0.4, -0.2) is 37.2 Å². The molecule has 3 aromatic rings. The first-order chi connectivity index (χ1) is 13.9. The molecule has 0 fully saturated rings. The summed E-state index contributed by atoms with van der Waals surface area (Å²) < 4.78 is 16.0. The summed E-state index contributed by atoms with van der Waals surface area (Å²) in [5.74, 6) is 1.76. The molecular weight excluding hydrogens is 370 g/mol. The molecule has 0 aliphatic heterocycles. The molecular formula is C22H25N3O4. The van der Waals surface area contributed by atoms with E-state index in [9.17, 15) is 4.79 Å². The van der Waals surface area contributed by atoms with Gasteiger partial charge < -0.3 is 19.5 Å². The van der Waals surface area contributed by atoms with Gasteiger partial charge in [0.15, 0.2) is 17.1 Å². The molecule has 0 unspecified atom stereocenters. The van der Waals surface area contributed by atoms with Crippen molar-refractivity contribution < 1.29 is 19.0 Å². The molecule has 0 aliphatic carbocycles. The highest BCUT2D eigenvalue weighted by Crippen LogP contribution is 2.38. The number of aromatic nitrogens is 2. The molecule has 7 nitrogen and oxygen atoms in total. The van der Waals surface area contributed by atoms with Crippen LogP contribution in [0.1, 0.15) is 22.4 Å². The predicted octanol–water partition coefficient (Wildman–Crippen LogP) is 3.76. The first-order valence-electron chi connectivity index (χ1n) is 9.21. The Bertz CT molecular complexity index is 1050. The van der Waals surface area contributed by atoms with Crippen molar-refractivity contribution in [2.24, 2.45) is 0 Å². The molecule has 2 heterocycles. The van der Waals surface area contributed by atoms with E-state index in [1.807, 2.05) is 19.9 Å². The summed E-state index contributed by atoms with van der Waals surface area (Å²) in [6, 6.07) is 7.24. The number of pyridine rings is 2. The van der Waals surface area contributed by atoms with Crippen LogP contribution in [0.25, 0.3) is 11.0 Å². The third-order valence-corrected chi connectivity index (χ3v) is 5.01. The Kier molecular flexibility index (Phi) is 5.87. The Hall–Kier alpha value is -3.35. The Balaban J connectivity index is 1.83. The molecule has 29 heavy (non-hydrogen) atoms. The lowest BCUT2D eigenvalue weighted by molar-refractivity contribution is -0.115. The summed E-state index contributed by atoms with van der Waals surface area (Å²) in [5, 5.41) is 3.82. The van der Waals surface area contributed by atoms with Crippen LogP contribution >= 0.6 is 0 Å². The molecule has 1 amide bonds. The van der Waals surface area contributed by atoms with Crippen LogP contribution in [0.2, 0.25) is 0 Å². The van der Waals surface area contributed by atoms with Gasteiger partial charge in [-0.05, 0) is 61.7 Å². The number of carbonyl (C=O) groups excluding carboxylic acids is 1. The molecule has 0 bridgehead atoms. The normalized spacial score (nSPS) is 10.7. The van der Waals surface area contributed by atoms with Gasteiger partial charge in [-0.25, -0.2) is 9.97 Å². The second-order valence-electron chi connectivity index (χ2n) is 6.77. The van der Waals surface area contributed by atoms with E-state index in [1.165, 1.54) is 7.11 Å². The van der Waals surface area contributed by atoms with Crippen molar-refractivity contribution in [3.63, 3.8) is 0 Å². The van der Waals surface area contributed by atoms with Gasteiger partial charge in [-0.1, -0.05) is 0 Å². The van der Waals surface area contributed by atoms with E-state index >= 15 is 0 Å². The second-order valence-corrected chi connectivity index (χ2v) is 6.77. The monoisotopic (exact) mass is 395 g/mol. The lowest BCUT2D eigenvalue weighted by Crippen LogP contribution is -2.15. The molecule has 0 spiro atoms. The number of methoxy groups -OCH3 is 3. The SMILES string of the molecule is COc1cc(CC(=O)Nc2ccc3c(C)c(C)c(C)nc3n2)cc(OC)c1OC. The molecule has 7 heteroatoms. The predicted molar refractivity (Wildman–Crippen MR) is 112 cm³/mol. The molecule has 1 N–H and O–H groups in total. The first-order valence-corrected chi connectivity index (χ1v) is 9.21. The fourth-order valence-corrected chi connectivity index (χ4v) is 3.22. The molecule has 152 valence electrons. The van der Waals surface area contributed by atoms with E-state index < -0.39 is 0 Å². The van der Waals surface area contributed by atoms with Crippen LogP contribution in [0.3, 0.4) is 0 Å². The Morgan fingerprint density at radius 1 is 0.931 bits per heavy atom. The van der Waals surface area contributed by atoms with Gasteiger partial charge >= 0.3 is 0 Å². The summed E-state index contributed by atoms with van der Waals surface area (Å²) in [6.45, 7) is 6.06. The van der Waals surface area contributed by atoms with Gasteiger partial charge in [0.05, 0.1) is 27.8 Å². The summed E-state index contributed by atoms with van der Waals surface area (Å²) >= 11 is 0. The van der Waals surface area contributed by atoms with E-state index in [4.69, 9.17) is 14.2 Å². The minimum Gasteiger partial charge on any atom is -0.493 e. The van der Waals surface area contributed by atoms with Gasteiger partial charge in [0.1, 0.15) is 5.82 Å². The van der Waals surface area contributed by atoms with Crippen LogP contribution < -0.4 is 19.5 Å². The fourth-order valence-electron chi connectivity index (χ4n) is 3.22. The Labute approximate surface area is 170 Å². The third-order valence-electron chi connectivity index (χ3n) is 5.01. The second kappa shape index (κ2) is 8.34. The zero-order chi connectivity index (χ0) is 21.1. The maximum Gasteiger partial charge on any atom is 0.229 e. The van der Waals surface area contributed by atoms with Crippen LogP contribution in [0.4, 0.5) is 5.82 Å². The average molecular weight is 395 g/mol. The maximum atomic E-state index is 12.6. The minimum absolute atomic E-state index is 0.135. The number of carbonyl (C=O) groups is 1. The van der Waals surface area contributed by atoms with Crippen molar-refractivity contribution in [1.82, 2.24) is 9.97 Å². The summed E-state index contributed by atoms with van der Waals surface area (Å²) in [6.07, 6.45) is 0.135. The van der Waals surface area contributed by atoms with E-state index in [-0.39, 0.29) is 12.3 Å². The first kappa shape index (κ1) is 20.4. The number of amides is 1. The van der Waals surface area contributed by atoms with Crippen molar-refractivity contribution in [3.8, 4) is 17.2 Å². The van der Waals surface area contributed by atoms with Gasteiger partial charge in [0, 0.05) is 11.1 Å². The summed E-state index contributed by atoms with van der Waals surface area (Å²) in [7, 11) is 4.62. The Morgan fingerprint density at radius 3 is 2.17 bits per heavy atom. The van der Waals surface area contributed by atoms with Gasteiger partial charge in [0.2, 0.25) is 11.7 Å². The number of hydrogen-bond acceptors (Lipinski definition) is 6. The largest absolute Gasteiger partial charge is 0.493 e. The highest BCUT2D eigenvalue weighted by molar-refractivity contribution is 5.93. The van der Waals surface area contributed by atoms with Gasteiger partial charge in [-0.2, -0.15) is 0 Å². The van der Waals surface area contributed by atoms with Gasteiger partial charge in [-0.15, -0.1) is 0 Å².